The molecule has 0 bridgehead atoms. The quantitative estimate of drug-likeness (QED) is 0.0495. The van der Waals surface area contributed by atoms with E-state index in [4.69, 9.17) is 18.9 Å². The first-order valence-electron chi connectivity index (χ1n) is 20.8. The van der Waals surface area contributed by atoms with E-state index >= 15 is 0 Å². The van der Waals surface area contributed by atoms with Crippen LogP contribution in [0.4, 0.5) is 38.0 Å². The van der Waals surface area contributed by atoms with E-state index in [9.17, 15) is 31.3 Å². The molecule has 0 aromatic heterocycles. The van der Waals surface area contributed by atoms with Gasteiger partial charge in [-0.2, -0.15) is 8.42 Å². The van der Waals surface area contributed by atoms with Crippen molar-refractivity contribution in [2.45, 2.75) is 51.3 Å². The summed E-state index contributed by atoms with van der Waals surface area (Å²) in [7, 11) is -4.70. The lowest BCUT2D eigenvalue weighted by atomic mass is 9.93. The van der Waals surface area contributed by atoms with E-state index in [2.05, 4.69) is 16.0 Å². The van der Waals surface area contributed by atoms with Gasteiger partial charge in [-0.3, -0.25) is 15.2 Å². The highest BCUT2D eigenvalue weighted by Crippen LogP contribution is 2.44. The molecule has 2 aliphatic rings. The van der Waals surface area contributed by atoms with E-state index < -0.39 is 33.4 Å². The lowest BCUT2D eigenvalue weighted by Gasteiger charge is -2.20. The first-order valence-corrected chi connectivity index (χ1v) is 23.4. The molecule has 0 radical (unpaired) electrons. The van der Waals surface area contributed by atoms with Crippen molar-refractivity contribution in [2.24, 2.45) is 4.99 Å². The molecule has 340 valence electrons. The summed E-state index contributed by atoms with van der Waals surface area (Å²) in [6.45, 7) is 10.7. The molecule has 1 aliphatic carbocycles. The van der Waals surface area contributed by atoms with Crippen LogP contribution in [0.25, 0.3) is 33.4 Å². The first kappa shape index (κ1) is 45.9. The van der Waals surface area contributed by atoms with Gasteiger partial charge in [0.15, 0.2) is 11.1 Å². The minimum absolute atomic E-state index is 0.0639. The molecule has 1 atom stereocenters. The van der Waals surface area contributed by atoms with Crippen LogP contribution < -0.4 is 30.8 Å². The molecule has 0 saturated carbocycles. The fourth-order valence-corrected chi connectivity index (χ4v) is 9.73. The molecular formula is C51H44N4O10S2. The van der Waals surface area contributed by atoms with Crippen molar-refractivity contribution in [3.8, 4) is 33.9 Å². The molecule has 0 saturated heterocycles. The first-order chi connectivity index (χ1) is 32.0. The lowest BCUT2D eigenvalue weighted by Crippen LogP contribution is -2.19. The molecule has 14 nitrogen and oxygen atoms in total. The van der Waals surface area contributed by atoms with Gasteiger partial charge in [-0.25, -0.2) is 18.8 Å². The SMILES string of the molecule is Cc1cc(C)c(Nc2ccc3c(-c4ccccc4S(=O)(=O)O)c4ccc(=Nc5c(C)c(NC(=O)Oc6ccccc6)c(C)c(S(=O)O)c5C)cc-4oc3c2)c(C)c1NC(=O)Oc1ccccc1. The van der Waals surface area contributed by atoms with Crippen molar-refractivity contribution >= 4 is 72.8 Å². The number of benzene rings is 7. The minimum Gasteiger partial charge on any atom is -0.456 e. The number of anilines is 4. The average Bonchev–Trinajstić information content (AvgIpc) is 3.29. The Hall–Kier alpha value is -7.63. The van der Waals surface area contributed by atoms with E-state index in [0.717, 1.165) is 16.7 Å². The number of nitrogens with zero attached hydrogens (tertiary/aromatic N) is 1. The number of carbonyl (C=O) groups excluding carboxylic acids is 2. The molecular weight excluding hydrogens is 893 g/mol. The Kier molecular flexibility index (Phi) is 12.8. The summed E-state index contributed by atoms with van der Waals surface area (Å²) in [6.07, 6.45) is -1.46. The van der Waals surface area contributed by atoms with Crippen molar-refractivity contribution in [1.82, 2.24) is 0 Å². The third kappa shape index (κ3) is 9.55. The van der Waals surface area contributed by atoms with Crippen LogP contribution in [0.3, 0.4) is 0 Å². The zero-order valence-corrected chi connectivity index (χ0v) is 38.7. The van der Waals surface area contributed by atoms with Crippen molar-refractivity contribution in [1.29, 1.82) is 0 Å². The van der Waals surface area contributed by atoms with Crippen LogP contribution in [-0.2, 0) is 21.2 Å². The summed E-state index contributed by atoms with van der Waals surface area (Å²) in [5.41, 5.74) is 7.67. The Morgan fingerprint density at radius 3 is 1.87 bits per heavy atom. The van der Waals surface area contributed by atoms with Crippen LogP contribution >= 0.6 is 0 Å². The van der Waals surface area contributed by atoms with Gasteiger partial charge in [0, 0.05) is 45.6 Å². The Balaban J connectivity index is 1.26. The second kappa shape index (κ2) is 18.7. The summed E-state index contributed by atoms with van der Waals surface area (Å²) < 4.78 is 76.9. The number of ether oxygens (including phenoxy) is 2. The predicted octanol–water partition coefficient (Wildman–Crippen LogP) is 12.1. The zero-order chi connectivity index (χ0) is 47.7. The molecule has 6 aromatic carbocycles. The van der Waals surface area contributed by atoms with Crippen molar-refractivity contribution in [2.75, 3.05) is 16.0 Å². The highest BCUT2D eigenvalue weighted by molar-refractivity contribution is 7.86. The minimum atomic E-state index is -4.70. The van der Waals surface area contributed by atoms with Gasteiger partial charge >= 0.3 is 12.2 Å². The normalized spacial score (nSPS) is 12.2. The molecule has 67 heavy (non-hydrogen) atoms. The van der Waals surface area contributed by atoms with Gasteiger partial charge in [0.25, 0.3) is 10.1 Å². The van der Waals surface area contributed by atoms with E-state index in [1.165, 1.54) is 12.1 Å². The summed E-state index contributed by atoms with van der Waals surface area (Å²) in [5, 5.41) is 9.99. The van der Waals surface area contributed by atoms with Crippen LogP contribution in [0.5, 0.6) is 11.5 Å². The number of amides is 2. The van der Waals surface area contributed by atoms with Crippen molar-refractivity contribution in [3.63, 3.8) is 0 Å². The predicted molar refractivity (Wildman–Crippen MR) is 259 cm³/mol. The third-order valence-corrected chi connectivity index (χ3v) is 13.2. The van der Waals surface area contributed by atoms with Crippen LogP contribution in [0, 0.1) is 41.5 Å². The topological polar surface area (TPSA) is 206 Å². The van der Waals surface area contributed by atoms with E-state index in [1.807, 2.05) is 39.0 Å². The Bertz CT molecular complexity index is 3450. The molecule has 0 spiro atoms. The lowest BCUT2D eigenvalue weighted by molar-refractivity contribution is 0.214. The molecule has 8 rings (SSSR count). The van der Waals surface area contributed by atoms with E-state index in [0.29, 0.717) is 78.4 Å². The molecule has 16 heteroatoms. The maximum atomic E-state index is 13.1. The Morgan fingerprint density at radius 1 is 0.642 bits per heavy atom. The monoisotopic (exact) mass is 936 g/mol. The second-order valence-electron chi connectivity index (χ2n) is 15.8. The summed E-state index contributed by atoms with van der Waals surface area (Å²) in [6, 6.07) is 35.7. The molecule has 2 amide bonds. The Labute approximate surface area is 388 Å². The van der Waals surface area contributed by atoms with Gasteiger partial charge in [0.05, 0.1) is 27.3 Å². The Morgan fingerprint density at radius 2 is 1.24 bits per heavy atom. The molecule has 1 heterocycles. The second-order valence-corrected chi connectivity index (χ2v) is 18.1. The van der Waals surface area contributed by atoms with Crippen molar-refractivity contribution < 1.29 is 45.2 Å². The molecule has 5 N–H and O–H groups in total. The van der Waals surface area contributed by atoms with Gasteiger partial charge in [-0.05, 0) is 130 Å². The zero-order valence-electron chi connectivity index (χ0n) is 37.0. The van der Waals surface area contributed by atoms with Gasteiger partial charge < -0.3 is 23.8 Å². The molecule has 6 aromatic rings. The molecule has 1 unspecified atom stereocenters. The van der Waals surface area contributed by atoms with Gasteiger partial charge in [0.1, 0.15) is 27.7 Å². The standard InChI is InChI=1S/C51H44N4O10S2/c1-28-25-29(2)46(54-50(56)63-36-15-9-7-10-16-36)30(3)45(28)52-34-21-23-38-41(26-34)65-42-27-35(22-24-39(42)44(38)40-19-13-14-20-43(40)67(60,61)62)53-47-31(4)48(33(6)49(32(47)5)66(58)59)55-51(57)64-37-17-11-8-12-18-37/h7-27,52H,1-6H3,(H,54,56)(H,55,57)(H,58,59)(H,60,61,62). The summed E-state index contributed by atoms with van der Waals surface area (Å²) in [5.74, 6) is 0.985. The smallest absolute Gasteiger partial charge is 0.417 e. The largest absolute Gasteiger partial charge is 0.456 e. The number of nitrogens with one attached hydrogen (secondary N) is 3. The van der Waals surface area contributed by atoms with Crippen LogP contribution in [0.1, 0.15) is 33.4 Å². The number of para-hydroxylation sites is 2. The highest BCUT2D eigenvalue weighted by Gasteiger charge is 2.26. The average molecular weight is 937 g/mol. The van der Waals surface area contributed by atoms with E-state index in [1.54, 1.807) is 118 Å². The van der Waals surface area contributed by atoms with Crippen LogP contribution in [0.2, 0.25) is 0 Å². The number of rotatable bonds is 10. The summed E-state index contributed by atoms with van der Waals surface area (Å²) in [4.78, 5) is 30.8. The number of hydrogen-bond donors (Lipinski definition) is 5. The highest BCUT2D eigenvalue weighted by atomic mass is 32.2. The number of fused-ring (bicyclic) bond motifs is 2. The van der Waals surface area contributed by atoms with Gasteiger partial charge in [-0.15, -0.1) is 0 Å². The maximum absolute atomic E-state index is 13.1. The fourth-order valence-electron chi connectivity index (χ4n) is 8.30. The van der Waals surface area contributed by atoms with Crippen LogP contribution in [-0.4, -0.2) is 33.9 Å². The van der Waals surface area contributed by atoms with Gasteiger partial charge in [-0.1, -0.05) is 60.7 Å². The van der Waals surface area contributed by atoms with Crippen molar-refractivity contribution in [3.05, 3.63) is 166 Å². The molecule has 0 fully saturated rings. The number of hydrogen-bond acceptors (Lipinski definition) is 10. The summed E-state index contributed by atoms with van der Waals surface area (Å²) >= 11 is -2.47. The third-order valence-electron chi connectivity index (χ3n) is 11.3. The van der Waals surface area contributed by atoms with E-state index in [-0.39, 0.29) is 26.8 Å². The number of carbonyl (C=O) groups is 2. The maximum Gasteiger partial charge on any atom is 0.417 e. The van der Waals surface area contributed by atoms with Crippen LogP contribution in [0.15, 0.2) is 147 Å². The molecule has 1 aliphatic heterocycles. The van der Waals surface area contributed by atoms with Gasteiger partial charge in [0.2, 0.25) is 0 Å². The fraction of sp³-hybridized carbons (Fsp3) is 0.118. The number of aryl methyl sites for hydroxylation is 2.